The summed E-state index contributed by atoms with van der Waals surface area (Å²) in [7, 11) is 3.38. The maximum Gasteiger partial charge on any atom is 0.303 e. The van der Waals surface area contributed by atoms with Crippen molar-refractivity contribution in [1.82, 2.24) is 4.90 Å². The fourth-order valence-electron chi connectivity index (χ4n) is 14.9. The highest BCUT2D eigenvalue weighted by atomic mass is 16.7. The smallest absolute Gasteiger partial charge is 0.303 e. The molecule has 10 nitrogen and oxygen atoms in total. The maximum atomic E-state index is 12.7. The summed E-state index contributed by atoms with van der Waals surface area (Å²) >= 11 is 0. The maximum absolute atomic E-state index is 12.7. The second-order valence-electron chi connectivity index (χ2n) is 20.6. The van der Waals surface area contributed by atoms with Gasteiger partial charge in [-0.05, 0) is 117 Å². The number of rotatable bonds is 9. The molecule has 2 heterocycles. The van der Waals surface area contributed by atoms with Gasteiger partial charge in [0.2, 0.25) is 0 Å². The number of esters is 1. The first kappa shape index (κ1) is 39.9. The van der Waals surface area contributed by atoms with Gasteiger partial charge in [0.1, 0.15) is 11.5 Å². The molecule has 10 heteroatoms. The van der Waals surface area contributed by atoms with E-state index in [1.165, 1.54) is 26.2 Å². The normalized spacial score (nSPS) is 45.2. The number of morpholine rings is 1. The summed E-state index contributed by atoms with van der Waals surface area (Å²) in [5.74, 6) is 2.63. The summed E-state index contributed by atoms with van der Waals surface area (Å²) in [5.41, 5.74) is -0.00815. The topological polar surface area (TPSA) is 116 Å². The Labute approximate surface area is 329 Å². The van der Waals surface area contributed by atoms with E-state index in [0.29, 0.717) is 24.9 Å². The summed E-state index contributed by atoms with van der Waals surface area (Å²) in [6.45, 7) is 19.8. The molecule has 7 fully saturated rings. The number of hydrogen-bond acceptors (Lipinski definition) is 10. The van der Waals surface area contributed by atoms with E-state index in [2.05, 4.69) is 45.6 Å². The molecule has 5 saturated carbocycles. The van der Waals surface area contributed by atoms with E-state index in [1.807, 2.05) is 12.1 Å². The Morgan fingerprint density at radius 2 is 1.76 bits per heavy atom. The fourth-order valence-corrected chi connectivity index (χ4v) is 14.9. The molecular weight excluding hydrogens is 698 g/mol. The number of benzene rings is 1. The highest BCUT2D eigenvalue weighted by Crippen LogP contribution is 2.89. The second kappa shape index (κ2) is 13.6. The number of hydrogen-bond donors (Lipinski definition) is 2. The number of carbonyl (C=O) groups excluding carboxylic acids is 1. The minimum Gasteiger partial charge on any atom is -0.497 e. The van der Waals surface area contributed by atoms with Crippen molar-refractivity contribution in [2.45, 2.75) is 156 Å². The Hall–Kier alpha value is -1.95. The van der Waals surface area contributed by atoms with Crippen LogP contribution in [0, 0.1) is 50.7 Å². The molecule has 0 bridgehead atoms. The molecule has 1 unspecified atom stereocenters. The predicted octanol–water partition coefficient (Wildman–Crippen LogP) is 6.76. The van der Waals surface area contributed by atoms with Gasteiger partial charge in [0.15, 0.2) is 12.4 Å². The Morgan fingerprint density at radius 3 is 2.45 bits per heavy atom. The first-order valence-corrected chi connectivity index (χ1v) is 21.3. The molecule has 55 heavy (non-hydrogen) atoms. The first-order chi connectivity index (χ1) is 25.9. The van der Waals surface area contributed by atoms with Crippen LogP contribution in [0.3, 0.4) is 0 Å². The van der Waals surface area contributed by atoms with Gasteiger partial charge in [-0.3, -0.25) is 9.69 Å². The molecule has 0 aromatic heterocycles. The van der Waals surface area contributed by atoms with Crippen molar-refractivity contribution >= 4 is 5.97 Å². The summed E-state index contributed by atoms with van der Waals surface area (Å²) in [6.07, 6.45) is 6.31. The van der Waals surface area contributed by atoms with Crippen molar-refractivity contribution in [1.29, 1.82) is 0 Å². The predicted molar refractivity (Wildman–Crippen MR) is 207 cm³/mol. The van der Waals surface area contributed by atoms with Gasteiger partial charge in [0.25, 0.3) is 0 Å². The third-order valence-electron chi connectivity index (χ3n) is 17.4. The number of aliphatic hydroxyl groups is 2. The summed E-state index contributed by atoms with van der Waals surface area (Å²) in [5, 5.41) is 23.7. The lowest BCUT2D eigenvalue weighted by Gasteiger charge is -2.64. The van der Waals surface area contributed by atoms with Crippen molar-refractivity contribution < 1.29 is 43.4 Å². The Balaban J connectivity index is 0.981. The van der Waals surface area contributed by atoms with Crippen LogP contribution < -0.4 is 9.47 Å². The first-order valence-electron chi connectivity index (χ1n) is 21.3. The fraction of sp³-hybridized carbons (Fsp3) is 0.844. The number of ether oxygens (including phenoxy) is 6. The van der Waals surface area contributed by atoms with Gasteiger partial charge in [0.05, 0.1) is 50.8 Å². The van der Waals surface area contributed by atoms with E-state index < -0.39 is 29.9 Å². The highest BCUT2D eigenvalue weighted by Gasteiger charge is 2.84. The zero-order valence-electron chi connectivity index (χ0n) is 35.2. The van der Waals surface area contributed by atoms with E-state index in [1.54, 1.807) is 28.1 Å². The Kier molecular flexibility index (Phi) is 9.82. The van der Waals surface area contributed by atoms with Crippen molar-refractivity contribution in [2.75, 3.05) is 33.9 Å². The second-order valence-corrected chi connectivity index (χ2v) is 20.6. The summed E-state index contributed by atoms with van der Waals surface area (Å²) < 4.78 is 37.0. The summed E-state index contributed by atoms with van der Waals surface area (Å²) in [4.78, 5) is 14.6. The van der Waals surface area contributed by atoms with Crippen LogP contribution in [-0.4, -0.2) is 97.4 Å². The lowest BCUT2D eigenvalue weighted by molar-refractivity contribution is -0.249. The molecule has 2 N–H and O–H groups in total. The molecule has 14 atom stereocenters. The van der Waals surface area contributed by atoms with E-state index in [4.69, 9.17) is 28.4 Å². The molecule has 0 radical (unpaired) electrons. The van der Waals surface area contributed by atoms with E-state index in [0.717, 1.165) is 62.4 Å². The molecule has 8 rings (SSSR count). The van der Waals surface area contributed by atoms with E-state index in [-0.39, 0.29) is 57.4 Å². The number of fused-ring (bicyclic) bond motifs is 4. The van der Waals surface area contributed by atoms with Crippen LogP contribution in [0.4, 0.5) is 0 Å². The third kappa shape index (κ3) is 5.87. The lowest BCUT2D eigenvalue weighted by atomic mass is 9.41. The van der Waals surface area contributed by atoms with Gasteiger partial charge in [0, 0.05) is 43.6 Å². The van der Waals surface area contributed by atoms with Crippen LogP contribution in [0.5, 0.6) is 11.5 Å². The van der Waals surface area contributed by atoms with Gasteiger partial charge in [-0.1, -0.05) is 40.7 Å². The number of methoxy groups -OCH3 is 2. The molecular formula is C45H69NO9. The SMILES string of the molecule is COc1ccc(CN2CCO[C@@H](O[C@H]3CC[C@]45C[C@]46CC[C@]4(C)C7[C@H](C)C[C@H]([C@H](OC(C)=O)C(C)(C)O)O[C@@H]7[C@H](O)[C@@]4(C)[C@@H]6CC[C@H]5C3(C)C)C2)c(OC)c1. The largest absolute Gasteiger partial charge is 0.497 e. The van der Waals surface area contributed by atoms with Crippen LogP contribution in [0.25, 0.3) is 0 Å². The van der Waals surface area contributed by atoms with Crippen LogP contribution >= 0.6 is 0 Å². The zero-order chi connectivity index (χ0) is 39.5. The third-order valence-corrected chi connectivity index (χ3v) is 17.4. The average molecular weight is 768 g/mol. The van der Waals surface area contributed by atoms with Crippen LogP contribution in [0.2, 0.25) is 0 Å². The van der Waals surface area contributed by atoms with Crippen LogP contribution in [-0.2, 0) is 30.3 Å². The van der Waals surface area contributed by atoms with Gasteiger partial charge >= 0.3 is 5.97 Å². The molecule has 2 saturated heterocycles. The molecule has 1 aromatic rings. The summed E-state index contributed by atoms with van der Waals surface area (Å²) in [6, 6.07) is 6.03. The minimum atomic E-state index is -1.26. The molecule has 7 aliphatic rings. The lowest BCUT2D eigenvalue weighted by Crippen LogP contribution is -2.60. The minimum absolute atomic E-state index is 0.00480. The molecule has 2 spiro atoms. The number of carbonyl (C=O) groups is 1. The monoisotopic (exact) mass is 767 g/mol. The van der Waals surface area contributed by atoms with E-state index >= 15 is 0 Å². The number of aliphatic hydroxyl groups excluding tert-OH is 1. The molecule has 5 aliphatic carbocycles. The van der Waals surface area contributed by atoms with Gasteiger partial charge < -0.3 is 38.6 Å². The van der Waals surface area contributed by atoms with Gasteiger partial charge in [-0.15, -0.1) is 0 Å². The molecule has 308 valence electrons. The molecule has 0 amide bonds. The highest BCUT2D eigenvalue weighted by molar-refractivity contribution is 5.66. The Bertz CT molecular complexity index is 1630. The van der Waals surface area contributed by atoms with Crippen molar-refractivity contribution in [2.24, 2.45) is 50.7 Å². The van der Waals surface area contributed by atoms with Crippen molar-refractivity contribution in [3.8, 4) is 11.5 Å². The Morgan fingerprint density at radius 1 is 1.04 bits per heavy atom. The van der Waals surface area contributed by atoms with Gasteiger partial charge in [-0.25, -0.2) is 0 Å². The molecule has 2 aliphatic heterocycles. The standard InChI is InChI=1S/C45H69NO9/c1-26-21-31(39(41(5,6)49)53-27(2)47)54-37-36(26)42(7)17-18-45-25-44(45)16-15-34(40(3,4)32(44)13-14-33(45)43(42,8)38(37)48)55-35-24-46(19-20-52-35)23-28-11-12-29(50-9)22-30(28)51-10/h11-12,22,26,31-39,48-49H,13-21,23-25H2,1-10H3/t26-,31-,32+,33+,34+,35+,36?,37+,38+,39+,42-,43-,44-,45+/m1/s1. The van der Waals surface area contributed by atoms with Crippen LogP contribution in [0.1, 0.15) is 112 Å². The van der Waals surface area contributed by atoms with Crippen molar-refractivity contribution in [3.05, 3.63) is 23.8 Å². The quantitative estimate of drug-likeness (QED) is 0.261. The van der Waals surface area contributed by atoms with Crippen molar-refractivity contribution in [3.63, 3.8) is 0 Å². The van der Waals surface area contributed by atoms with Gasteiger partial charge in [-0.2, -0.15) is 0 Å². The number of nitrogens with zero attached hydrogens (tertiary/aromatic N) is 1. The zero-order valence-corrected chi connectivity index (χ0v) is 35.2. The van der Waals surface area contributed by atoms with E-state index in [9.17, 15) is 15.0 Å². The van der Waals surface area contributed by atoms with Crippen LogP contribution in [0.15, 0.2) is 18.2 Å². The average Bonchev–Trinajstić information content (AvgIpc) is 3.76. The molecule has 1 aromatic carbocycles.